The van der Waals surface area contributed by atoms with Crippen LogP contribution >= 0.6 is 0 Å². The number of aliphatic hydroxyl groups excluding tert-OH is 1. The maximum absolute atomic E-state index is 10.1. The van der Waals surface area contributed by atoms with Gasteiger partial charge in [-0.1, -0.05) is 24.3 Å². The quantitative estimate of drug-likeness (QED) is 0.666. The monoisotopic (exact) mass is 189 g/mol. The van der Waals surface area contributed by atoms with Crippen molar-refractivity contribution >= 4 is 0 Å². The van der Waals surface area contributed by atoms with E-state index in [9.17, 15) is 5.11 Å². The molecule has 2 aliphatic rings. The zero-order valence-electron chi connectivity index (χ0n) is 8.35. The summed E-state index contributed by atoms with van der Waals surface area (Å²) in [5.74, 6) is 0.989. The lowest BCUT2D eigenvalue weighted by atomic mass is 9.96. The zero-order chi connectivity index (χ0) is 9.71. The predicted molar refractivity (Wildman–Crippen MR) is 55.1 cm³/mol. The predicted octanol–water partition coefficient (Wildman–Crippen LogP) is 1.38. The minimum absolute atomic E-state index is 0.235. The molecular formula is C12H15NO. The molecule has 1 N–H and O–H groups in total. The second kappa shape index (κ2) is 2.81. The van der Waals surface area contributed by atoms with Crippen LogP contribution in [0.3, 0.4) is 0 Å². The standard InChI is InChI=1S/C12H15NO/c1-13-6-10-8-4-2-3-5-9(8)12(14)11(10)7-13/h2-5,10-12,14H,6-7H2,1H3. The molecule has 0 amide bonds. The van der Waals surface area contributed by atoms with Crippen LogP contribution in [0.15, 0.2) is 24.3 Å². The highest BCUT2D eigenvalue weighted by molar-refractivity contribution is 5.39. The zero-order valence-corrected chi connectivity index (χ0v) is 8.35. The van der Waals surface area contributed by atoms with Crippen molar-refractivity contribution in [1.29, 1.82) is 0 Å². The van der Waals surface area contributed by atoms with E-state index < -0.39 is 0 Å². The normalized spacial score (nSPS) is 35.7. The number of fused-ring (bicyclic) bond motifs is 3. The molecule has 0 aromatic heterocycles. The van der Waals surface area contributed by atoms with Crippen LogP contribution in [0.4, 0.5) is 0 Å². The van der Waals surface area contributed by atoms with E-state index in [1.165, 1.54) is 5.56 Å². The van der Waals surface area contributed by atoms with Gasteiger partial charge in [-0.25, -0.2) is 0 Å². The number of hydrogen-bond donors (Lipinski definition) is 1. The summed E-state index contributed by atoms with van der Waals surface area (Å²) in [4.78, 5) is 2.31. The lowest BCUT2D eigenvalue weighted by Crippen LogP contribution is -2.17. The van der Waals surface area contributed by atoms with Crippen LogP contribution < -0.4 is 0 Å². The molecule has 3 rings (SSSR count). The highest BCUT2D eigenvalue weighted by atomic mass is 16.3. The number of nitrogens with zero attached hydrogens (tertiary/aromatic N) is 1. The van der Waals surface area contributed by atoms with Gasteiger partial charge < -0.3 is 10.0 Å². The van der Waals surface area contributed by atoms with Gasteiger partial charge in [0.1, 0.15) is 0 Å². The molecule has 0 saturated carbocycles. The third-order valence-electron chi connectivity index (χ3n) is 3.67. The molecule has 1 fully saturated rings. The fourth-order valence-electron chi connectivity index (χ4n) is 3.03. The topological polar surface area (TPSA) is 23.5 Å². The van der Waals surface area contributed by atoms with E-state index in [-0.39, 0.29) is 6.10 Å². The summed E-state index contributed by atoms with van der Waals surface area (Å²) >= 11 is 0. The number of likely N-dealkylation sites (tertiary alicyclic amines) is 1. The van der Waals surface area contributed by atoms with Crippen LogP contribution in [0, 0.1) is 5.92 Å². The van der Waals surface area contributed by atoms with E-state index >= 15 is 0 Å². The maximum Gasteiger partial charge on any atom is 0.0839 e. The maximum atomic E-state index is 10.1. The van der Waals surface area contributed by atoms with Crippen LogP contribution in [-0.4, -0.2) is 30.1 Å². The molecule has 1 aromatic rings. The number of likely N-dealkylation sites (N-methyl/N-ethyl adjacent to an activating group) is 1. The molecule has 1 aliphatic heterocycles. The van der Waals surface area contributed by atoms with E-state index in [0.29, 0.717) is 11.8 Å². The Balaban J connectivity index is 2.07. The third kappa shape index (κ3) is 0.983. The number of benzene rings is 1. The van der Waals surface area contributed by atoms with Crippen molar-refractivity contribution in [2.45, 2.75) is 12.0 Å². The Morgan fingerprint density at radius 1 is 1.21 bits per heavy atom. The minimum atomic E-state index is -0.235. The van der Waals surface area contributed by atoms with Crippen LogP contribution in [0.5, 0.6) is 0 Å². The first kappa shape index (κ1) is 8.45. The summed E-state index contributed by atoms with van der Waals surface area (Å²) in [6, 6.07) is 8.33. The van der Waals surface area contributed by atoms with Gasteiger partial charge in [0.25, 0.3) is 0 Å². The van der Waals surface area contributed by atoms with Crippen LogP contribution in [0.2, 0.25) is 0 Å². The van der Waals surface area contributed by atoms with Gasteiger partial charge in [-0.2, -0.15) is 0 Å². The number of hydrogen-bond acceptors (Lipinski definition) is 2. The van der Waals surface area contributed by atoms with E-state index in [1.54, 1.807) is 0 Å². The first-order chi connectivity index (χ1) is 6.77. The van der Waals surface area contributed by atoms with Crippen molar-refractivity contribution in [2.24, 2.45) is 5.92 Å². The van der Waals surface area contributed by atoms with E-state index in [0.717, 1.165) is 18.7 Å². The summed E-state index contributed by atoms with van der Waals surface area (Å²) in [5.41, 5.74) is 2.53. The Bertz CT molecular complexity index is 363. The van der Waals surface area contributed by atoms with Gasteiger partial charge in [0.05, 0.1) is 6.10 Å². The molecule has 14 heavy (non-hydrogen) atoms. The van der Waals surface area contributed by atoms with E-state index in [1.807, 2.05) is 6.07 Å². The lowest BCUT2D eigenvalue weighted by molar-refractivity contribution is 0.120. The molecule has 74 valence electrons. The average molecular weight is 189 g/mol. The summed E-state index contributed by atoms with van der Waals surface area (Å²) in [6.45, 7) is 2.12. The van der Waals surface area contributed by atoms with Gasteiger partial charge in [0.2, 0.25) is 0 Å². The smallest absolute Gasteiger partial charge is 0.0839 e. The van der Waals surface area contributed by atoms with Crippen molar-refractivity contribution in [3.63, 3.8) is 0 Å². The molecular weight excluding hydrogens is 174 g/mol. The van der Waals surface area contributed by atoms with Gasteiger partial charge in [0, 0.05) is 24.9 Å². The van der Waals surface area contributed by atoms with Crippen molar-refractivity contribution in [3.8, 4) is 0 Å². The summed E-state index contributed by atoms with van der Waals surface area (Å²) in [7, 11) is 2.13. The highest BCUT2D eigenvalue weighted by Gasteiger charge is 2.44. The third-order valence-corrected chi connectivity index (χ3v) is 3.67. The average Bonchev–Trinajstić information content (AvgIpc) is 2.68. The second-order valence-electron chi connectivity index (χ2n) is 4.57. The van der Waals surface area contributed by atoms with Crippen molar-refractivity contribution in [1.82, 2.24) is 4.90 Å². The Hall–Kier alpha value is -0.860. The van der Waals surface area contributed by atoms with Gasteiger partial charge in [0.15, 0.2) is 0 Å². The van der Waals surface area contributed by atoms with Gasteiger partial charge in [-0.15, -0.1) is 0 Å². The molecule has 0 radical (unpaired) electrons. The van der Waals surface area contributed by atoms with Crippen LogP contribution in [0.25, 0.3) is 0 Å². The fourth-order valence-corrected chi connectivity index (χ4v) is 3.03. The molecule has 0 spiro atoms. The van der Waals surface area contributed by atoms with Gasteiger partial charge >= 0.3 is 0 Å². The number of rotatable bonds is 0. The Morgan fingerprint density at radius 2 is 1.93 bits per heavy atom. The van der Waals surface area contributed by atoms with E-state index in [4.69, 9.17) is 0 Å². The van der Waals surface area contributed by atoms with Gasteiger partial charge in [-0.05, 0) is 18.2 Å². The molecule has 3 unspecified atom stereocenters. The van der Waals surface area contributed by atoms with Crippen LogP contribution in [0.1, 0.15) is 23.1 Å². The summed E-state index contributed by atoms with van der Waals surface area (Å²) in [5, 5.41) is 10.1. The van der Waals surface area contributed by atoms with Gasteiger partial charge in [-0.3, -0.25) is 0 Å². The highest BCUT2D eigenvalue weighted by Crippen LogP contribution is 2.48. The fraction of sp³-hybridized carbons (Fsp3) is 0.500. The largest absolute Gasteiger partial charge is 0.388 e. The second-order valence-corrected chi connectivity index (χ2v) is 4.57. The molecule has 1 saturated heterocycles. The minimum Gasteiger partial charge on any atom is -0.388 e. The molecule has 2 nitrogen and oxygen atoms in total. The molecule has 1 aliphatic carbocycles. The Kier molecular flexibility index (Phi) is 1.70. The molecule has 1 aromatic carbocycles. The first-order valence-corrected chi connectivity index (χ1v) is 5.23. The molecule has 1 heterocycles. The molecule has 2 heteroatoms. The first-order valence-electron chi connectivity index (χ1n) is 5.23. The summed E-state index contributed by atoms with van der Waals surface area (Å²) in [6.07, 6.45) is -0.235. The van der Waals surface area contributed by atoms with Crippen LogP contribution in [-0.2, 0) is 0 Å². The molecule has 0 bridgehead atoms. The lowest BCUT2D eigenvalue weighted by Gasteiger charge is -2.13. The Labute approximate surface area is 84.2 Å². The Morgan fingerprint density at radius 3 is 2.71 bits per heavy atom. The van der Waals surface area contributed by atoms with Crippen molar-refractivity contribution in [3.05, 3.63) is 35.4 Å². The van der Waals surface area contributed by atoms with E-state index in [2.05, 4.69) is 30.1 Å². The summed E-state index contributed by atoms with van der Waals surface area (Å²) < 4.78 is 0. The van der Waals surface area contributed by atoms with Crippen molar-refractivity contribution < 1.29 is 5.11 Å². The number of aliphatic hydroxyl groups is 1. The SMILES string of the molecule is CN1CC2c3ccccc3C(O)C2C1. The molecule has 3 atom stereocenters. The van der Waals surface area contributed by atoms with Crippen molar-refractivity contribution in [2.75, 3.05) is 20.1 Å².